The SMILES string of the molecule is CC1(C)c2ccccc2-c2cc(N(c3ccc(C(C)(c4ccccc4)c4ccccc4)cc3)c3ccc4ccccc4c3-c3ccccc3-c3cccc4c3-c3ccccc3C4(C)C)ccc21. The largest absolute Gasteiger partial charge is 0.310 e. The second-order valence-corrected chi connectivity index (χ2v) is 19.8. The van der Waals surface area contributed by atoms with E-state index < -0.39 is 0 Å². The maximum Gasteiger partial charge on any atom is 0.0546 e. The van der Waals surface area contributed by atoms with Gasteiger partial charge in [-0.1, -0.05) is 228 Å². The molecule has 1 nitrogen and oxygen atoms in total. The van der Waals surface area contributed by atoms with Crippen molar-refractivity contribution in [1.29, 1.82) is 0 Å². The summed E-state index contributed by atoms with van der Waals surface area (Å²) in [5.74, 6) is 0. The van der Waals surface area contributed by atoms with Gasteiger partial charge in [-0.2, -0.15) is 0 Å². The zero-order valence-electron chi connectivity index (χ0n) is 38.9. The van der Waals surface area contributed by atoms with Gasteiger partial charge in [0.15, 0.2) is 0 Å². The van der Waals surface area contributed by atoms with Crippen molar-refractivity contribution in [2.45, 2.75) is 50.9 Å². The van der Waals surface area contributed by atoms with Crippen molar-refractivity contribution in [3.63, 3.8) is 0 Å². The van der Waals surface area contributed by atoms with Crippen molar-refractivity contribution >= 4 is 27.8 Å². The van der Waals surface area contributed by atoms with Crippen molar-refractivity contribution in [1.82, 2.24) is 0 Å². The maximum atomic E-state index is 2.52. The topological polar surface area (TPSA) is 3.24 Å². The molecule has 0 atom stereocenters. The minimum absolute atomic E-state index is 0.105. The first-order valence-corrected chi connectivity index (χ1v) is 23.8. The molecular weight excluding hydrogens is 807 g/mol. The number of fused-ring (bicyclic) bond motifs is 7. The molecule has 0 N–H and O–H groups in total. The Morgan fingerprint density at radius 1 is 0.328 bits per heavy atom. The van der Waals surface area contributed by atoms with Gasteiger partial charge in [-0.25, -0.2) is 0 Å². The Hall–Kier alpha value is -7.74. The highest BCUT2D eigenvalue weighted by Gasteiger charge is 2.38. The molecule has 322 valence electrons. The smallest absolute Gasteiger partial charge is 0.0546 e. The lowest BCUT2D eigenvalue weighted by molar-refractivity contribution is 0.660. The lowest BCUT2D eigenvalue weighted by Gasteiger charge is -2.33. The highest BCUT2D eigenvalue weighted by atomic mass is 15.1. The molecule has 0 saturated carbocycles. The van der Waals surface area contributed by atoms with E-state index in [0.29, 0.717) is 0 Å². The van der Waals surface area contributed by atoms with Gasteiger partial charge in [-0.05, 0) is 126 Å². The van der Waals surface area contributed by atoms with Crippen LogP contribution in [0.3, 0.4) is 0 Å². The quantitative estimate of drug-likeness (QED) is 0.138. The van der Waals surface area contributed by atoms with Crippen LogP contribution in [0.25, 0.3) is 55.3 Å². The van der Waals surface area contributed by atoms with Crippen LogP contribution in [0.5, 0.6) is 0 Å². The number of anilines is 3. The fraction of sp³-hybridized carbons (Fsp3) is 0.121. The molecule has 0 saturated heterocycles. The first-order valence-electron chi connectivity index (χ1n) is 23.8. The molecule has 0 spiro atoms. The molecule has 67 heavy (non-hydrogen) atoms. The third kappa shape index (κ3) is 6.21. The summed E-state index contributed by atoms with van der Waals surface area (Å²) in [7, 11) is 0. The summed E-state index contributed by atoms with van der Waals surface area (Å²) >= 11 is 0. The van der Waals surface area contributed by atoms with Crippen LogP contribution in [0.2, 0.25) is 0 Å². The molecule has 1 heteroatoms. The number of nitrogens with zero attached hydrogens (tertiary/aromatic N) is 1. The summed E-state index contributed by atoms with van der Waals surface area (Å²) in [6, 6.07) is 86.1. The van der Waals surface area contributed by atoms with Gasteiger partial charge in [-0.3, -0.25) is 0 Å². The number of hydrogen-bond donors (Lipinski definition) is 0. The van der Waals surface area contributed by atoms with Gasteiger partial charge < -0.3 is 4.90 Å². The zero-order valence-corrected chi connectivity index (χ0v) is 38.9. The Balaban J connectivity index is 1.11. The third-order valence-electron chi connectivity index (χ3n) is 15.5. The third-order valence-corrected chi connectivity index (χ3v) is 15.5. The van der Waals surface area contributed by atoms with Gasteiger partial charge in [0.2, 0.25) is 0 Å². The average Bonchev–Trinajstić information content (AvgIpc) is 3.76. The second-order valence-electron chi connectivity index (χ2n) is 19.8. The molecule has 10 aromatic rings. The highest BCUT2D eigenvalue weighted by molar-refractivity contribution is 6.09. The predicted molar refractivity (Wildman–Crippen MR) is 283 cm³/mol. The molecule has 0 radical (unpaired) electrons. The van der Waals surface area contributed by atoms with Crippen LogP contribution in [-0.2, 0) is 16.2 Å². The van der Waals surface area contributed by atoms with E-state index in [4.69, 9.17) is 0 Å². The van der Waals surface area contributed by atoms with Crippen molar-refractivity contribution in [2.24, 2.45) is 0 Å². The molecule has 0 heterocycles. The normalized spacial score (nSPS) is 14.0. The van der Waals surface area contributed by atoms with Crippen LogP contribution in [-0.4, -0.2) is 0 Å². The standard InChI is InChI=1S/C66H53N/c1-64(2)57-32-18-16-28-52(57)56-43-49(40-41-59(56)64)67(48-38-36-47(37-39-48)66(5,45-22-8-6-9-23-45)46-24-10-7-11-25-46)61-42-35-44-21-12-13-26-50(44)63(61)54-29-15-14-27-51(54)53-31-20-34-60-62(53)55-30-17-19-33-58(55)65(60,3)4/h6-43H,1-5H3. The van der Waals surface area contributed by atoms with Crippen LogP contribution in [0.15, 0.2) is 231 Å². The molecule has 12 rings (SSSR count). The molecule has 0 aromatic heterocycles. The second kappa shape index (κ2) is 15.4. The van der Waals surface area contributed by atoms with Gasteiger partial charge in [0.25, 0.3) is 0 Å². The van der Waals surface area contributed by atoms with E-state index in [1.165, 1.54) is 94.2 Å². The molecule has 2 aliphatic rings. The minimum Gasteiger partial charge on any atom is -0.310 e. The van der Waals surface area contributed by atoms with E-state index in [9.17, 15) is 0 Å². The first-order chi connectivity index (χ1) is 32.7. The van der Waals surface area contributed by atoms with E-state index in [-0.39, 0.29) is 16.2 Å². The Kier molecular flexibility index (Phi) is 9.38. The molecule has 10 aromatic carbocycles. The number of rotatable bonds is 8. The van der Waals surface area contributed by atoms with Gasteiger partial charge in [0.05, 0.1) is 5.69 Å². The Labute approximate surface area is 395 Å². The summed E-state index contributed by atoms with van der Waals surface area (Å²) in [5, 5.41) is 2.43. The van der Waals surface area contributed by atoms with Gasteiger partial charge in [-0.15, -0.1) is 0 Å². The van der Waals surface area contributed by atoms with Gasteiger partial charge in [0.1, 0.15) is 0 Å². The molecule has 2 aliphatic carbocycles. The summed E-state index contributed by atoms with van der Waals surface area (Å²) < 4.78 is 0. The fourth-order valence-electron chi connectivity index (χ4n) is 11.9. The average molecular weight is 860 g/mol. The van der Waals surface area contributed by atoms with Crippen molar-refractivity contribution in [3.8, 4) is 44.5 Å². The lowest BCUT2D eigenvalue weighted by atomic mass is 9.71. The monoisotopic (exact) mass is 859 g/mol. The van der Waals surface area contributed by atoms with Gasteiger partial charge in [0, 0.05) is 33.2 Å². The molecule has 0 amide bonds. The van der Waals surface area contributed by atoms with E-state index in [2.05, 4.69) is 270 Å². The first kappa shape index (κ1) is 40.7. The number of benzene rings is 10. The van der Waals surface area contributed by atoms with E-state index >= 15 is 0 Å². The van der Waals surface area contributed by atoms with E-state index in [1.807, 2.05) is 0 Å². The summed E-state index contributed by atoms with van der Waals surface area (Å²) in [6.45, 7) is 11.8. The molecule has 0 unspecified atom stereocenters. The van der Waals surface area contributed by atoms with Crippen molar-refractivity contribution in [2.75, 3.05) is 4.90 Å². The summed E-state index contributed by atoms with van der Waals surface area (Å²) in [4.78, 5) is 2.52. The van der Waals surface area contributed by atoms with E-state index in [1.54, 1.807) is 0 Å². The molecule has 0 aliphatic heterocycles. The van der Waals surface area contributed by atoms with Crippen LogP contribution in [0.4, 0.5) is 17.1 Å². The molecule has 0 fully saturated rings. The highest BCUT2D eigenvalue weighted by Crippen LogP contribution is 2.56. The van der Waals surface area contributed by atoms with Crippen LogP contribution >= 0.6 is 0 Å². The maximum absolute atomic E-state index is 2.52. The fourth-order valence-corrected chi connectivity index (χ4v) is 11.9. The van der Waals surface area contributed by atoms with E-state index in [0.717, 1.165) is 17.1 Å². The summed E-state index contributed by atoms with van der Waals surface area (Å²) in [5.41, 5.74) is 22.2. The van der Waals surface area contributed by atoms with Gasteiger partial charge >= 0.3 is 0 Å². The minimum atomic E-state index is -0.370. The Morgan fingerprint density at radius 2 is 0.821 bits per heavy atom. The Bertz CT molecular complexity index is 3480. The van der Waals surface area contributed by atoms with Crippen LogP contribution in [0, 0.1) is 0 Å². The zero-order chi connectivity index (χ0) is 45.5. The van der Waals surface area contributed by atoms with Crippen LogP contribution < -0.4 is 4.90 Å². The number of hydrogen-bond acceptors (Lipinski definition) is 1. The predicted octanol–water partition coefficient (Wildman–Crippen LogP) is 17.6. The van der Waals surface area contributed by atoms with Crippen LogP contribution in [0.1, 0.15) is 73.6 Å². The van der Waals surface area contributed by atoms with Crippen molar-refractivity contribution in [3.05, 3.63) is 269 Å². The Morgan fingerprint density at radius 3 is 1.52 bits per heavy atom. The van der Waals surface area contributed by atoms with Crippen molar-refractivity contribution < 1.29 is 0 Å². The molecule has 0 bridgehead atoms. The molecular formula is C66H53N. The summed E-state index contributed by atoms with van der Waals surface area (Å²) in [6.07, 6.45) is 0. The lowest BCUT2D eigenvalue weighted by Crippen LogP contribution is -2.25.